The Morgan fingerprint density at radius 1 is 1.30 bits per heavy atom. The molecule has 0 amide bonds. The van der Waals surface area contributed by atoms with Gasteiger partial charge in [0.15, 0.2) is 5.96 Å². The van der Waals surface area contributed by atoms with Gasteiger partial charge in [-0.05, 0) is 25.1 Å². The van der Waals surface area contributed by atoms with E-state index >= 15 is 0 Å². The van der Waals surface area contributed by atoms with Gasteiger partial charge in [0.05, 0.1) is 22.9 Å². The van der Waals surface area contributed by atoms with Gasteiger partial charge in [0.25, 0.3) is 5.69 Å². The van der Waals surface area contributed by atoms with Gasteiger partial charge in [0, 0.05) is 51.2 Å². The van der Waals surface area contributed by atoms with Crippen LogP contribution in [0.4, 0.5) is 5.69 Å². The molecule has 0 unspecified atom stereocenters. The summed E-state index contributed by atoms with van der Waals surface area (Å²) in [5.74, 6) is 0.656. The maximum Gasteiger partial charge on any atom is 0.270 e. The zero-order chi connectivity index (χ0) is 21.4. The molecule has 0 saturated heterocycles. The third kappa shape index (κ3) is 7.25. The lowest BCUT2D eigenvalue weighted by atomic mass is 10.3. The molecule has 2 rings (SSSR count). The number of aryl methyl sites for hydroxylation is 1. The van der Waals surface area contributed by atoms with Gasteiger partial charge in [-0.1, -0.05) is 6.07 Å². The standard InChI is InChI=1S/C18H26N6O4S.HI/c1-4-19-18(23(3)14-16-8-6-12-22(16)2)20-10-11-21-29(27,28)17-9-5-7-15(13-17)24(25)26;/h5-9,12-13,21H,4,10-11,14H2,1-3H3,(H,19,20);1H. The fourth-order valence-electron chi connectivity index (χ4n) is 2.64. The number of hydrogen-bond acceptors (Lipinski definition) is 5. The average Bonchev–Trinajstić information content (AvgIpc) is 3.08. The summed E-state index contributed by atoms with van der Waals surface area (Å²) >= 11 is 0. The van der Waals surface area contributed by atoms with Crippen molar-refractivity contribution in [2.24, 2.45) is 12.0 Å². The topological polar surface area (TPSA) is 122 Å². The van der Waals surface area contributed by atoms with E-state index in [1.54, 1.807) is 0 Å². The van der Waals surface area contributed by atoms with E-state index in [1.165, 1.54) is 18.2 Å². The van der Waals surface area contributed by atoms with Gasteiger partial charge in [-0.3, -0.25) is 15.1 Å². The third-order valence-corrected chi connectivity index (χ3v) is 5.61. The number of nitro benzene ring substituents is 1. The molecule has 2 N–H and O–H groups in total. The Hall–Kier alpha value is -2.19. The van der Waals surface area contributed by atoms with Crippen molar-refractivity contribution < 1.29 is 13.3 Å². The molecule has 1 aromatic heterocycles. The van der Waals surface area contributed by atoms with E-state index < -0.39 is 14.9 Å². The van der Waals surface area contributed by atoms with E-state index in [2.05, 4.69) is 15.0 Å². The largest absolute Gasteiger partial charge is 0.357 e. The van der Waals surface area contributed by atoms with Gasteiger partial charge in [-0.15, -0.1) is 24.0 Å². The van der Waals surface area contributed by atoms with Crippen molar-refractivity contribution in [1.82, 2.24) is 19.5 Å². The molecular formula is C18H27IN6O4S. The van der Waals surface area contributed by atoms with Gasteiger partial charge in [-0.2, -0.15) is 0 Å². The summed E-state index contributed by atoms with van der Waals surface area (Å²) in [4.78, 5) is 16.5. The quantitative estimate of drug-likeness (QED) is 0.123. The molecule has 0 atom stereocenters. The molecule has 12 heteroatoms. The van der Waals surface area contributed by atoms with Crippen LogP contribution in [0.1, 0.15) is 12.6 Å². The van der Waals surface area contributed by atoms with Crippen LogP contribution in [0.2, 0.25) is 0 Å². The SMILES string of the molecule is CCNC(=NCCNS(=O)(=O)c1cccc([N+](=O)[O-])c1)N(C)Cc1cccn1C.I. The first kappa shape index (κ1) is 25.8. The first-order valence-corrected chi connectivity index (χ1v) is 10.6. The summed E-state index contributed by atoms with van der Waals surface area (Å²) in [5, 5.41) is 14.0. The first-order valence-electron chi connectivity index (χ1n) is 9.08. The number of guanidine groups is 1. The summed E-state index contributed by atoms with van der Waals surface area (Å²) < 4.78 is 29.1. The molecular weight excluding hydrogens is 523 g/mol. The highest BCUT2D eigenvalue weighted by Crippen LogP contribution is 2.16. The molecule has 0 aliphatic carbocycles. The van der Waals surface area contributed by atoms with E-state index in [1.807, 2.05) is 48.8 Å². The Bertz CT molecular complexity index is 977. The predicted molar refractivity (Wildman–Crippen MR) is 127 cm³/mol. The second kappa shape index (κ2) is 11.9. The number of aliphatic imine (C=N–C) groups is 1. The molecule has 0 spiro atoms. The Labute approximate surface area is 193 Å². The molecule has 30 heavy (non-hydrogen) atoms. The number of aromatic nitrogens is 1. The van der Waals surface area contributed by atoms with Crippen LogP contribution in [0.15, 0.2) is 52.5 Å². The second-order valence-electron chi connectivity index (χ2n) is 6.35. The second-order valence-corrected chi connectivity index (χ2v) is 8.12. The first-order chi connectivity index (χ1) is 13.7. The normalized spacial score (nSPS) is 11.6. The van der Waals surface area contributed by atoms with Crippen molar-refractivity contribution in [1.29, 1.82) is 0 Å². The molecule has 0 aliphatic rings. The molecule has 0 bridgehead atoms. The molecule has 0 fully saturated rings. The zero-order valence-electron chi connectivity index (χ0n) is 17.1. The van der Waals surface area contributed by atoms with E-state index in [0.29, 0.717) is 19.0 Å². The monoisotopic (exact) mass is 550 g/mol. The van der Waals surface area contributed by atoms with Crippen LogP contribution < -0.4 is 10.0 Å². The minimum Gasteiger partial charge on any atom is -0.357 e. The third-order valence-electron chi connectivity index (χ3n) is 4.15. The minimum absolute atomic E-state index is 0. The van der Waals surface area contributed by atoms with Gasteiger partial charge < -0.3 is 14.8 Å². The summed E-state index contributed by atoms with van der Waals surface area (Å²) in [6.45, 7) is 3.56. The fraction of sp³-hybridized carbons (Fsp3) is 0.389. The van der Waals surface area contributed by atoms with Crippen LogP contribution >= 0.6 is 24.0 Å². The number of nitro groups is 1. The van der Waals surface area contributed by atoms with Gasteiger partial charge in [0.1, 0.15) is 0 Å². The minimum atomic E-state index is -3.85. The number of nitrogens with zero attached hydrogens (tertiary/aromatic N) is 4. The highest BCUT2D eigenvalue weighted by molar-refractivity contribution is 14.0. The van der Waals surface area contributed by atoms with Crippen molar-refractivity contribution in [3.63, 3.8) is 0 Å². The fourth-order valence-corrected chi connectivity index (χ4v) is 3.70. The Morgan fingerprint density at radius 3 is 2.63 bits per heavy atom. The van der Waals surface area contributed by atoms with Crippen LogP contribution in [-0.4, -0.2) is 55.4 Å². The van der Waals surface area contributed by atoms with E-state index in [9.17, 15) is 18.5 Å². The predicted octanol–water partition coefficient (Wildman–Crippen LogP) is 1.93. The van der Waals surface area contributed by atoms with E-state index in [0.717, 1.165) is 11.8 Å². The number of halogens is 1. The molecule has 0 saturated carbocycles. The molecule has 0 radical (unpaired) electrons. The highest BCUT2D eigenvalue weighted by Gasteiger charge is 2.17. The highest BCUT2D eigenvalue weighted by atomic mass is 127. The van der Waals surface area contributed by atoms with Gasteiger partial charge >= 0.3 is 0 Å². The van der Waals surface area contributed by atoms with Crippen LogP contribution in [0, 0.1) is 10.1 Å². The lowest BCUT2D eigenvalue weighted by Gasteiger charge is -2.22. The molecule has 1 heterocycles. The number of nitrogens with one attached hydrogen (secondary N) is 2. The van der Waals surface area contributed by atoms with Gasteiger partial charge in [0.2, 0.25) is 10.0 Å². The van der Waals surface area contributed by atoms with Crippen LogP contribution in [0.25, 0.3) is 0 Å². The Morgan fingerprint density at radius 2 is 2.03 bits per heavy atom. The number of sulfonamides is 1. The van der Waals surface area contributed by atoms with E-state index in [4.69, 9.17) is 0 Å². The van der Waals surface area contributed by atoms with Crippen LogP contribution in [0.3, 0.4) is 0 Å². The smallest absolute Gasteiger partial charge is 0.270 e. The maximum absolute atomic E-state index is 12.3. The van der Waals surface area contributed by atoms with Crippen molar-refractivity contribution in [2.75, 3.05) is 26.7 Å². The summed E-state index contributed by atoms with van der Waals surface area (Å²) in [6, 6.07) is 8.92. The average molecular weight is 550 g/mol. The van der Waals surface area contributed by atoms with Crippen molar-refractivity contribution in [2.45, 2.75) is 18.4 Å². The van der Waals surface area contributed by atoms with Crippen LogP contribution in [-0.2, 0) is 23.6 Å². The molecule has 1 aromatic carbocycles. The van der Waals surface area contributed by atoms with Crippen LogP contribution in [0.5, 0.6) is 0 Å². The molecule has 0 aliphatic heterocycles. The maximum atomic E-state index is 12.3. The van der Waals surface area contributed by atoms with Gasteiger partial charge in [-0.25, -0.2) is 13.1 Å². The zero-order valence-corrected chi connectivity index (χ0v) is 20.3. The number of non-ortho nitro benzene ring substituents is 1. The lowest BCUT2D eigenvalue weighted by Crippen LogP contribution is -2.39. The Kier molecular flexibility index (Phi) is 10.2. The van der Waals surface area contributed by atoms with Crippen molar-refractivity contribution in [3.8, 4) is 0 Å². The number of hydrogen-bond donors (Lipinski definition) is 2. The van der Waals surface area contributed by atoms with Crippen molar-refractivity contribution in [3.05, 3.63) is 58.4 Å². The summed E-state index contributed by atoms with van der Waals surface area (Å²) in [7, 11) is 0.0183. The molecule has 2 aromatic rings. The Balaban J connectivity index is 0.00000450. The lowest BCUT2D eigenvalue weighted by molar-refractivity contribution is -0.385. The molecule has 10 nitrogen and oxygen atoms in total. The summed E-state index contributed by atoms with van der Waals surface area (Å²) in [5.41, 5.74) is 0.840. The molecule has 166 valence electrons. The van der Waals surface area contributed by atoms with Crippen molar-refractivity contribution >= 4 is 45.6 Å². The van der Waals surface area contributed by atoms with E-state index in [-0.39, 0.29) is 47.6 Å². The number of rotatable bonds is 9. The number of benzene rings is 1. The summed E-state index contributed by atoms with van der Waals surface area (Å²) in [6.07, 6.45) is 1.97.